The highest BCUT2D eigenvalue weighted by atomic mass is 16.2. The van der Waals surface area contributed by atoms with E-state index in [1.54, 1.807) is 0 Å². The van der Waals surface area contributed by atoms with E-state index in [0.29, 0.717) is 18.7 Å². The molecular weight excluding hydrogens is 252 g/mol. The van der Waals surface area contributed by atoms with Crippen molar-refractivity contribution in [2.45, 2.75) is 41.2 Å². The molecule has 1 amide bonds. The van der Waals surface area contributed by atoms with E-state index in [9.17, 15) is 4.79 Å². The Balaban J connectivity index is 2.69. The third-order valence-electron chi connectivity index (χ3n) is 3.59. The summed E-state index contributed by atoms with van der Waals surface area (Å²) in [5, 5.41) is 5.37. The van der Waals surface area contributed by atoms with E-state index in [1.807, 2.05) is 50.3 Å². The molecule has 0 saturated heterocycles. The Hall–Kier alpha value is -1.91. The SMILES string of the molecule is CCN(CC)C(=O)c1cc(C)nc2c1c(C)nn2CC. The summed E-state index contributed by atoms with van der Waals surface area (Å²) in [5.74, 6) is 0.0595. The monoisotopic (exact) mass is 274 g/mol. The van der Waals surface area contributed by atoms with Crippen molar-refractivity contribution >= 4 is 16.9 Å². The lowest BCUT2D eigenvalue weighted by molar-refractivity contribution is 0.0774. The number of hydrogen-bond acceptors (Lipinski definition) is 3. The van der Waals surface area contributed by atoms with E-state index < -0.39 is 0 Å². The maximum absolute atomic E-state index is 12.7. The van der Waals surface area contributed by atoms with Crippen molar-refractivity contribution in [3.8, 4) is 0 Å². The van der Waals surface area contributed by atoms with Crippen LogP contribution in [-0.2, 0) is 6.54 Å². The Kier molecular flexibility index (Phi) is 4.06. The van der Waals surface area contributed by atoms with Gasteiger partial charge in [0.2, 0.25) is 0 Å². The first-order chi connectivity index (χ1) is 9.53. The molecule has 0 aromatic carbocycles. The number of carbonyl (C=O) groups excluding carboxylic acids is 1. The molecule has 2 aromatic rings. The van der Waals surface area contributed by atoms with Gasteiger partial charge >= 0.3 is 0 Å². The number of hydrogen-bond donors (Lipinski definition) is 0. The number of pyridine rings is 1. The van der Waals surface area contributed by atoms with Crippen molar-refractivity contribution < 1.29 is 4.79 Å². The van der Waals surface area contributed by atoms with Crippen molar-refractivity contribution in [2.75, 3.05) is 13.1 Å². The Morgan fingerprint density at radius 3 is 2.45 bits per heavy atom. The van der Waals surface area contributed by atoms with Crippen LogP contribution in [0.25, 0.3) is 11.0 Å². The van der Waals surface area contributed by atoms with Gasteiger partial charge in [-0.1, -0.05) is 0 Å². The van der Waals surface area contributed by atoms with Gasteiger partial charge in [-0.25, -0.2) is 9.67 Å². The zero-order chi connectivity index (χ0) is 14.9. The first kappa shape index (κ1) is 14.5. The highest BCUT2D eigenvalue weighted by Crippen LogP contribution is 2.23. The van der Waals surface area contributed by atoms with E-state index in [2.05, 4.69) is 10.1 Å². The molecule has 5 nitrogen and oxygen atoms in total. The topological polar surface area (TPSA) is 51.0 Å². The maximum atomic E-state index is 12.7. The minimum absolute atomic E-state index is 0.0595. The van der Waals surface area contributed by atoms with Gasteiger partial charge in [0.25, 0.3) is 5.91 Å². The summed E-state index contributed by atoms with van der Waals surface area (Å²) in [7, 11) is 0. The van der Waals surface area contributed by atoms with E-state index in [0.717, 1.165) is 29.0 Å². The lowest BCUT2D eigenvalue weighted by Crippen LogP contribution is -2.30. The molecule has 2 heterocycles. The molecule has 0 aliphatic rings. The average molecular weight is 274 g/mol. The predicted molar refractivity (Wildman–Crippen MR) is 79.9 cm³/mol. The fourth-order valence-electron chi connectivity index (χ4n) is 2.55. The fourth-order valence-corrected chi connectivity index (χ4v) is 2.55. The van der Waals surface area contributed by atoms with Crippen LogP contribution in [0.5, 0.6) is 0 Å². The number of aryl methyl sites for hydroxylation is 3. The van der Waals surface area contributed by atoms with Crippen molar-refractivity contribution in [1.82, 2.24) is 19.7 Å². The lowest BCUT2D eigenvalue weighted by atomic mass is 10.1. The molecule has 0 atom stereocenters. The van der Waals surface area contributed by atoms with Crippen molar-refractivity contribution in [3.63, 3.8) is 0 Å². The Bertz CT molecular complexity index is 641. The molecule has 0 saturated carbocycles. The van der Waals surface area contributed by atoms with Gasteiger partial charge in [-0.2, -0.15) is 5.10 Å². The zero-order valence-corrected chi connectivity index (χ0v) is 12.9. The van der Waals surface area contributed by atoms with E-state index in [-0.39, 0.29) is 5.91 Å². The van der Waals surface area contributed by atoms with Gasteiger partial charge in [-0.05, 0) is 40.7 Å². The summed E-state index contributed by atoms with van der Waals surface area (Å²) in [6.07, 6.45) is 0. The third-order valence-corrected chi connectivity index (χ3v) is 3.59. The predicted octanol–water partition coefficient (Wildman–Crippen LogP) is 2.55. The molecule has 108 valence electrons. The number of nitrogens with zero attached hydrogens (tertiary/aromatic N) is 4. The van der Waals surface area contributed by atoms with Crippen LogP contribution in [0.15, 0.2) is 6.07 Å². The molecule has 0 unspecified atom stereocenters. The molecule has 2 aromatic heterocycles. The van der Waals surface area contributed by atoms with Crippen molar-refractivity contribution in [1.29, 1.82) is 0 Å². The molecule has 5 heteroatoms. The van der Waals surface area contributed by atoms with Gasteiger partial charge in [0.1, 0.15) is 0 Å². The minimum Gasteiger partial charge on any atom is -0.339 e. The van der Waals surface area contributed by atoms with Gasteiger partial charge in [0, 0.05) is 25.3 Å². The van der Waals surface area contributed by atoms with Crippen molar-refractivity contribution in [2.24, 2.45) is 0 Å². The van der Waals surface area contributed by atoms with E-state index in [1.165, 1.54) is 0 Å². The maximum Gasteiger partial charge on any atom is 0.254 e. The molecular formula is C15H22N4O. The van der Waals surface area contributed by atoms with Crippen LogP contribution < -0.4 is 0 Å². The Morgan fingerprint density at radius 1 is 1.25 bits per heavy atom. The summed E-state index contributed by atoms with van der Waals surface area (Å²) in [6.45, 7) is 12.0. The van der Waals surface area contributed by atoms with Crippen LogP contribution in [-0.4, -0.2) is 38.7 Å². The van der Waals surface area contributed by atoms with Gasteiger partial charge in [-0.3, -0.25) is 4.79 Å². The van der Waals surface area contributed by atoms with Gasteiger partial charge < -0.3 is 4.90 Å². The first-order valence-electron chi connectivity index (χ1n) is 7.17. The van der Waals surface area contributed by atoms with Crippen LogP contribution in [0.2, 0.25) is 0 Å². The zero-order valence-electron chi connectivity index (χ0n) is 12.9. The first-order valence-corrected chi connectivity index (χ1v) is 7.17. The second-order valence-corrected chi connectivity index (χ2v) is 4.89. The average Bonchev–Trinajstić information content (AvgIpc) is 2.75. The van der Waals surface area contributed by atoms with Crippen LogP contribution in [0.4, 0.5) is 0 Å². The van der Waals surface area contributed by atoms with Crippen LogP contribution in [0, 0.1) is 13.8 Å². The Labute approximate surface area is 119 Å². The molecule has 0 aliphatic heterocycles. The molecule has 20 heavy (non-hydrogen) atoms. The lowest BCUT2D eigenvalue weighted by Gasteiger charge is -2.19. The van der Waals surface area contributed by atoms with Gasteiger partial charge in [0.15, 0.2) is 5.65 Å². The summed E-state index contributed by atoms with van der Waals surface area (Å²) in [4.78, 5) is 19.1. The van der Waals surface area contributed by atoms with Crippen molar-refractivity contribution in [3.05, 3.63) is 23.0 Å². The highest BCUT2D eigenvalue weighted by Gasteiger charge is 2.21. The van der Waals surface area contributed by atoms with Crippen LogP contribution >= 0.6 is 0 Å². The Morgan fingerprint density at radius 2 is 1.90 bits per heavy atom. The summed E-state index contributed by atoms with van der Waals surface area (Å²) < 4.78 is 1.86. The number of rotatable bonds is 4. The molecule has 2 rings (SSSR count). The number of amides is 1. The summed E-state index contributed by atoms with van der Waals surface area (Å²) >= 11 is 0. The molecule has 0 radical (unpaired) electrons. The fraction of sp³-hybridized carbons (Fsp3) is 0.533. The second kappa shape index (κ2) is 5.61. The van der Waals surface area contributed by atoms with Gasteiger partial charge in [-0.15, -0.1) is 0 Å². The quantitative estimate of drug-likeness (QED) is 0.861. The summed E-state index contributed by atoms with van der Waals surface area (Å²) in [5.41, 5.74) is 3.24. The number of fused-ring (bicyclic) bond motifs is 1. The van der Waals surface area contributed by atoms with E-state index >= 15 is 0 Å². The third kappa shape index (κ3) is 2.28. The highest BCUT2D eigenvalue weighted by molar-refractivity contribution is 6.06. The molecule has 0 fully saturated rings. The molecule has 0 spiro atoms. The summed E-state index contributed by atoms with van der Waals surface area (Å²) in [6, 6.07) is 1.87. The van der Waals surface area contributed by atoms with Gasteiger partial charge in [0.05, 0.1) is 16.6 Å². The smallest absolute Gasteiger partial charge is 0.254 e. The van der Waals surface area contributed by atoms with E-state index in [4.69, 9.17) is 0 Å². The standard InChI is InChI=1S/C15H22N4O/c1-6-18(7-2)15(20)12-9-10(4)16-14-13(12)11(5)17-19(14)8-3/h9H,6-8H2,1-5H3. The molecule has 0 N–H and O–H groups in total. The van der Waals surface area contributed by atoms with Crippen LogP contribution in [0.1, 0.15) is 42.5 Å². The van der Waals surface area contributed by atoms with Crippen LogP contribution in [0.3, 0.4) is 0 Å². The second-order valence-electron chi connectivity index (χ2n) is 4.89. The molecule has 0 aliphatic carbocycles. The minimum atomic E-state index is 0.0595. The largest absolute Gasteiger partial charge is 0.339 e. The molecule has 0 bridgehead atoms. The number of carbonyl (C=O) groups is 1. The normalized spacial score (nSPS) is 11.1. The number of aromatic nitrogens is 3.